The van der Waals surface area contributed by atoms with E-state index >= 15 is 0 Å². The fourth-order valence-electron chi connectivity index (χ4n) is 1.50. The lowest BCUT2D eigenvalue weighted by atomic mass is 10.2. The molecule has 0 saturated carbocycles. The van der Waals surface area contributed by atoms with Gasteiger partial charge in [-0.15, -0.1) is 5.10 Å². The molecule has 15 heavy (non-hydrogen) atoms. The Morgan fingerprint density at radius 1 is 1.47 bits per heavy atom. The van der Waals surface area contributed by atoms with Gasteiger partial charge in [0, 0.05) is 7.05 Å². The summed E-state index contributed by atoms with van der Waals surface area (Å²) >= 11 is 0. The maximum absolute atomic E-state index is 5.68. The fraction of sp³-hybridized carbons (Fsp3) is 0.333. The summed E-state index contributed by atoms with van der Waals surface area (Å²) in [5, 5.41) is 11.6. The number of nitrogens with two attached hydrogens (primary N) is 1. The number of nitrogens with one attached hydrogen (secondary N) is 1. The number of hydrogen-bond donors (Lipinski definition) is 2. The topological polar surface area (TPSA) is 61.7 Å². The zero-order chi connectivity index (χ0) is 11.0. The summed E-state index contributed by atoms with van der Waals surface area (Å²) in [6, 6.07) is 0. The molecule has 0 saturated heterocycles. The molecule has 3 N–H and O–H groups in total. The number of fused-ring (bicyclic) bond motifs is 1. The lowest BCUT2D eigenvalue weighted by molar-refractivity contribution is -0.801. The van der Waals surface area contributed by atoms with Crippen LogP contribution in [0.2, 0.25) is 0 Å². The predicted molar refractivity (Wildman–Crippen MR) is 58.7 cm³/mol. The van der Waals surface area contributed by atoms with Gasteiger partial charge in [-0.05, 0) is 6.08 Å². The van der Waals surface area contributed by atoms with Crippen LogP contribution in [0, 0.1) is 0 Å². The van der Waals surface area contributed by atoms with Gasteiger partial charge in [0.25, 0.3) is 0 Å². The summed E-state index contributed by atoms with van der Waals surface area (Å²) in [6.07, 6.45) is 5.84. The van der Waals surface area contributed by atoms with E-state index in [0.717, 1.165) is 11.4 Å². The van der Waals surface area contributed by atoms with Gasteiger partial charge >= 0.3 is 0 Å². The van der Waals surface area contributed by atoms with Crippen molar-refractivity contribution in [2.75, 3.05) is 21.1 Å². The molecule has 0 aliphatic carbocycles. The average molecular weight is 207 g/mol. The number of allylic oxidation sites excluding steroid dienone is 2. The molecule has 0 amide bonds. The Balaban J connectivity index is 2.29. The second-order valence-corrected chi connectivity index (χ2v) is 3.76. The Labute approximate surface area is 88.6 Å². The van der Waals surface area contributed by atoms with Gasteiger partial charge in [0.2, 0.25) is 5.96 Å². The second-order valence-electron chi connectivity index (χ2n) is 3.76. The van der Waals surface area contributed by atoms with Crippen molar-refractivity contribution >= 4 is 12.2 Å². The molecule has 80 valence electrons. The zero-order valence-electron chi connectivity index (χ0n) is 9.10. The van der Waals surface area contributed by atoms with Crippen LogP contribution in [0.4, 0.5) is 0 Å². The third kappa shape index (κ3) is 1.71. The second kappa shape index (κ2) is 3.39. The van der Waals surface area contributed by atoms with Crippen molar-refractivity contribution in [2.45, 2.75) is 0 Å². The van der Waals surface area contributed by atoms with Gasteiger partial charge in [-0.25, -0.2) is 5.01 Å². The quantitative estimate of drug-likeness (QED) is 0.540. The van der Waals surface area contributed by atoms with E-state index in [4.69, 9.17) is 5.73 Å². The van der Waals surface area contributed by atoms with Crippen molar-refractivity contribution in [3.63, 3.8) is 0 Å². The summed E-state index contributed by atoms with van der Waals surface area (Å²) < 4.78 is 0. The molecule has 0 unspecified atom stereocenters. The molecule has 6 nitrogen and oxygen atoms in total. The maximum atomic E-state index is 5.68. The van der Waals surface area contributed by atoms with E-state index in [9.17, 15) is 0 Å². The standard InChI is InChI=1S/C9H14N6/c1-13(2)6-7-4-8-14(3)12-9(10)15(8)11-5-7/h4-6H,1-3H3,(H2,10,12)/p+1. The fourth-order valence-corrected chi connectivity index (χ4v) is 1.50. The molecule has 2 heterocycles. The minimum atomic E-state index is 0.399. The van der Waals surface area contributed by atoms with E-state index in [0.29, 0.717) is 5.96 Å². The van der Waals surface area contributed by atoms with Crippen LogP contribution in [-0.4, -0.2) is 43.3 Å². The van der Waals surface area contributed by atoms with Crippen molar-refractivity contribution in [2.24, 2.45) is 15.9 Å². The third-order valence-electron chi connectivity index (χ3n) is 2.09. The van der Waals surface area contributed by atoms with Gasteiger partial charge in [0.1, 0.15) is 6.20 Å². The Kier molecular flexibility index (Phi) is 2.20. The first-order valence-electron chi connectivity index (χ1n) is 4.73. The first kappa shape index (κ1) is 9.72. The molecule has 0 aromatic rings. The minimum absolute atomic E-state index is 0.399. The molecule has 0 aromatic carbocycles. The molecule has 0 aromatic heterocycles. The summed E-state index contributed by atoms with van der Waals surface area (Å²) in [6.45, 7) is 0. The largest absolute Gasteiger partial charge is 0.366 e. The molecule has 2 aliphatic rings. The monoisotopic (exact) mass is 207 g/mol. The highest BCUT2D eigenvalue weighted by Crippen LogP contribution is 2.21. The van der Waals surface area contributed by atoms with E-state index < -0.39 is 0 Å². The summed E-state index contributed by atoms with van der Waals surface area (Å²) in [5.74, 6) is 1.28. The highest BCUT2D eigenvalue weighted by atomic mass is 15.7. The number of guanidine groups is 1. The van der Waals surface area contributed by atoms with Gasteiger partial charge in [0.05, 0.1) is 25.9 Å². The molecule has 2 aliphatic heterocycles. The number of nitrogens with zero attached hydrogens (tertiary/aromatic N) is 4. The van der Waals surface area contributed by atoms with Crippen LogP contribution < -0.4 is 10.6 Å². The first-order valence-corrected chi connectivity index (χ1v) is 4.73. The van der Waals surface area contributed by atoms with Crippen molar-refractivity contribution < 1.29 is 4.90 Å². The molecular formula is C9H15N6+. The summed E-state index contributed by atoms with van der Waals surface area (Å²) in [5.41, 5.74) is 6.74. The minimum Gasteiger partial charge on any atom is -0.366 e. The SMILES string of the molecule is CN1N=C(N)N2N=CC(=C[NH+](C)C)C=C12. The van der Waals surface area contributed by atoms with E-state index in [1.54, 1.807) is 16.2 Å². The molecule has 0 atom stereocenters. The lowest BCUT2D eigenvalue weighted by Gasteiger charge is -2.19. The molecule has 0 spiro atoms. The average Bonchev–Trinajstić information content (AvgIpc) is 2.41. The van der Waals surface area contributed by atoms with E-state index in [2.05, 4.69) is 30.5 Å². The van der Waals surface area contributed by atoms with E-state index in [1.165, 1.54) is 4.90 Å². The van der Waals surface area contributed by atoms with Gasteiger partial charge in [-0.3, -0.25) is 0 Å². The van der Waals surface area contributed by atoms with Gasteiger partial charge < -0.3 is 10.6 Å². The summed E-state index contributed by atoms with van der Waals surface area (Å²) in [7, 11) is 5.95. The Morgan fingerprint density at radius 2 is 2.20 bits per heavy atom. The van der Waals surface area contributed by atoms with Crippen LogP contribution in [0.5, 0.6) is 0 Å². The zero-order valence-corrected chi connectivity index (χ0v) is 9.10. The highest BCUT2D eigenvalue weighted by Gasteiger charge is 2.26. The predicted octanol–water partition coefficient (Wildman–Crippen LogP) is -1.67. The Bertz CT molecular complexity index is 389. The molecular weight excluding hydrogens is 192 g/mol. The summed E-state index contributed by atoms with van der Waals surface area (Å²) in [4.78, 5) is 1.23. The molecule has 0 fully saturated rings. The Hall–Kier alpha value is -1.82. The van der Waals surface area contributed by atoms with Crippen LogP contribution in [0.15, 0.2) is 33.9 Å². The molecule has 0 radical (unpaired) electrons. The molecule has 0 bridgehead atoms. The van der Waals surface area contributed by atoms with Gasteiger partial charge in [-0.2, -0.15) is 10.1 Å². The van der Waals surface area contributed by atoms with Crippen molar-refractivity contribution in [1.29, 1.82) is 0 Å². The van der Waals surface area contributed by atoms with E-state index in [1.807, 2.05) is 13.1 Å². The molecule has 2 rings (SSSR count). The smallest absolute Gasteiger partial charge is 0.241 e. The van der Waals surface area contributed by atoms with Crippen LogP contribution in [0.3, 0.4) is 0 Å². The van der Waals surface area contributed by atoms with Gasteiger partial charge in [-0.1, -0.05) is 0 Å². The van der Waals surface area contributed by atoms with Crippen molar-refractivity contribution in [3.05, 3.63) is 23.7 Å². The molecule has 6 heteroatoms. The van der Waals surface area contributed by atoms with Crippen LogP contribution >= 0.6 is 0 Å². The van der Waals surface area contributed by atoms with Gasteiger partial charge in [0.15, 0.2) is 5.82 Å². The number of hydrazone groups is 2. The van der Waals surface area contributed by atoms with E-state index in [-0.39, 0.29) is 0 Å². The maximum Gasteiger partial charge on any atom is 0.241 e. The van der Waals surface area contributed by atoms with Crippen molar-refractivity contribution in [3.8, 4) is 0 Å². The van der Waals surface area contributed by atoms with Crippen LogP contribution in [0.25, 0.3) is 0 Å². The number of quaternary nitrogens is 1. The highest BCUT2D eigenvalue weighted by molar-refractivity contribution is 5.89. The van der Waals surface area contributed by atoms with Crippen LogP contribution in [0.1, 0.15) is 0 Å². The number of rotatable bonds is 1. The van der Waals surface area contributed by atoms with Crippen LogP contribution in [-0.2, 0) is 0 Å². The lowest BCUT2D eigenvalue weighted by Crippen LogP contribution is -3.00. The Morgan fingerprint density at radius 3 is 2.87 bits per heavy atom. The van der Waals surface area contributed by atoms with Crippen molar-refractivity contribution in [1.82, 2.24) is 10.0 Å². The normalized spacial score (nSPS) is 22.3. The first-order chi connectivity index (χ1) is 7.08. The number of hydrogen-bond acceptors (Lipinski definition) is 5. The third-order valence-corrected chi connectivity index (χ3v) is 2.09.